The number of hydrogen-bond donors (Lipinski definition) is 1. The zero-order chi connectivity index (χ0) is 13.0. The minimum atomic E-state index is -0.448. The number of methoxy groups -OCH3 is 1. The van der Waals surface area contributed by atoms with Crippen LogP contribution in [0.1, 0.15) is 25.3 Å². The lowest BCUT2D eigenvalue weighted by Crippen LogP contribution is -2.43. The van der Waals surface area contributed by atoms with Gasteiger partial charge in [0.25, 0.3) is 0 Å². The van der Waals surface area contributed by atoms with Crippen LogP contribution in [0, 0.1) is 0 Å². The molecule has 0 spiro atoms. The van der Waals surface area contributed by atoms with E-state index in [2.05, 4.69) is 17.0 Å². The van der Waals surface area contributed by atoms with Gasteiger partial charge in [-0.25, -0.2) is 0 Å². The number of aliphatic hydroxyl groups is 1. The van der Waals surface area contributed by atoms with Crippen LogP contribution in [0.25, 0.3) is 0 Å². The zero-order valence-corrected chi connectivity index (χ0v) is 11.4. The number of rotatable bonds is 4. The molecule has 1 saturated heterocycles. The highest BCUT2D eigenvalue weighted by molar-refractivity contribution is 5.27. The normalized spacial score (nSPS) is 19.7. The Morgan fingerprint density at radius 2 is 1.83 bits per heavy atom. The molecule has 1 aliphatic rings. The second-order valence-electron chi connectivity index (χ2n) is 5.44. The van der Waals surface area contributed by atoms with Crippen molar-refractivity contribution in [1.82, 2.24) is 4.90 Å². The molecule has 100 valence electrons. The molecule has 3 nitrogen and oxygen atoms in total. The molecule has 3 heteroatoms. The van der Waals surface area contributed by atoms with Crippen LogP contribution in [-0.2, 0) is 6.42 Å². The molecule has 1 N–H and O–H groups in total. The molecule has 1 aromatic carbocycles. The minimum absolute atomic E-state index is 0.448. The molecule has 0 saturated carbocycles. The highest BCUT2D eigenvalue weighted by atomic mass is 16.5. The third-order valence-corrected chi connectivity index (χ3v) is 3.81. The summed E-state index contributed by atoms with van der Waals surface area (Å²) in [5.74, 6) is 0.910. The summed E-state index contributed by atoms with van der Waals surface area (Å²) in [6.45, 7) is 5.02. The van der Waals surface area contributed by atoms with Gasteiger partial charge >= 0.3 is 0 Å². The molecule has 0 atom stereocenters. The van der Waals surface area contributed by atoms with Crippen LogP contribution in [0.2, 0.25) is 0 Å². The van der Waals surface area contributed by atoms with Crippen molar-refractivity contribution in [3.63, 3.8) is 0 Å². The summed E-state index contributed by atoms with van der Waals surface area (Å²) in [6, 6.07) is 8.27. The monoisotopic (exact) mass is 249 g/mol. The van der Waals surface area contributed by atoms with E-state index in [9.17, 15) is 5.11 Å². The molecule has 0 bridgehead atoms. The van der Waals surface area contributed by atoms with Gasteiger partial charge in [-0.05, 0) is 43.9 Å². The summed E-state index contributed by atoms with van der Waals surface area (Å²) < 4.78 is 5.15. The smallest absolute Gasteiger partial charge is 0.118 e. The molecule has 1 fully saturated rings. The molecule has 0 aromatic heterocycles. The molecule has 18 heavy (non-hydrogen) atoms. The number of piperidine rings is 1. The van der Waals surface area contributed by atoms with E-state index in [4.69, 9.17) is 4.74 Å². The maximum absolute atomic E-state index is 9.89. The molecule has 1 aliphatic heterocycles. The number of benzene rings is 1. The number of likely N-dealkylation sites (tertiary alicyclic amines) is 1. The van der Waals surface area contributed by atoms with Gasteiger partial charge in [0.2, 0.25) is 0 Å². The van der Waals surface area contributed by atoms with Crippen LogP contribution in [0.15, 0.2) is 24.3 Å². The third-order valence-electron chi connectivity index (χ3n) is 3.81. The molecular formula is C15H23NO2. The van der Waals surface area contributed by atoms with E-state index in [1.165, 1.54) is 5.56 Å². The van der Waals surface area contributed by atoms with Gasteiger partial charge in [-0.3, -0.25) is 0 Å². The van der Waals surface area contributed by atoms with E-state index in [0.29, 0.717) is 0 Å². The van der Waals surface area contributed by atoms with E-state index < -0.39 is 5.60 Å². The Kier molecular flexibility index (Phi) is 4.25. The van der Waals surface area contributed by atoms with Gasteiger partial charge in [0.05, 0.1) is 12.7 Å². The van der Waals surface area contributed by atoms with Gasteiger partial charge in [0, 0.05) is 19.6 Å². The van der Waals surface area contributed by atoms with Gasteiger partial charge < -0.3 is 14.7 Å². The second kappa shape index (κ2) is 5.72. The first kappa shape index (κ1) is 13.4. The number of nitrogens with zero attached hydrogens (tertiary/aromatic N) is 1. The van der Waals surface area contributed by atoms with Crippen molar-refractivity contribution in [2.24, 2.45) is 0 Å². The van der Waals surface area contributed by atoms with E-state index in [-0.39, 0.29) is 0 Å². The van der Waals surface area contributed by atoms with E-state index in [1.54, 1.807) is 7.11 Å². The standard InChI is InChI=1S/C15H23NO2/c1-15(17)8-11-16(12-9-15)10-7-13-3-5-14(18-2)6-4-13/h3-6,17H,7-12H2,1-2H3. The zero-order valence-electron chi connectivity index (χ0n) is 11.4. The number of hydrogen-bond acceptors (Lipinski definition) is 3. The maximum Gasteiger partial charge on any atom is 0.118 e. The van der Waals surface area contributed by atoms with Crippen LogP contribution in [0.4, 0.5) is 0 Å². The Hall–Kier alpha value is -1.06. The predicted octanol–water partition coefficient (Wildman–Crippen LogP) is 2.08. The van der Waals surface area contributed by atoms with E-state index >= 15 is 0 Å². The Labute approximate surface area is 109 Å². The van der Waals surface area contributed by atoms with Gasteiger partial charge in [0.1, 0.15) is 5.75 Å². The lowest BCUT2D eigenvalue weighted by Gasteiger charge is -2.35. The first-order valence-electron chi connectivity index (χ1n) is 6.67. The summed E-state index contributed by atoms with van der Waals surface area (Å²) in [6.07, 6.45) is 2.83. The maximum atomic E-state index is 9.89. The van der Waals surface area contributed by atoms with E-state index in [0.717, 1.165) is 44.6 Å². The Morgan fingerprint density at radius 1 is 1.22 bits per heavy atom. The van der Waals surface area contributed by atoms with Crippen LogP contribution in [0.3, 0.4) is 0 Å². The largest absolute Gasteiger partial charge is 0.497 e. The van der Waals surface area contributed by atoms with Crippen LogP contribution >= 0.6 is 0 Å². The lowest BCUT2D eigenvalue weighted by atomic mass is 9.93. The Bertz CT molecular complexity index is 363. The first-order chi connectivity index (χ1) is 8.59. The Balaban J connectivity index is 1.78. The van der Waals surface area contributed by atoms with Crippen LogP contribution in [-0.4, -0.2) is 42.4 Å². The second-order valence-corrected chi connectivity index (χ2v) is 5.44. The van der Waals surface area contributed by atoms with Crippen molar-refractivity contribution in [2.75, 3.05) is 26.7 Å². The Morgan fingerprint density at radius 3 is 2.39 bits per heavy atom. The lowest BCUT2D eigenvalue weighted by molar-refractivity contribution is -0.00491. The summed E-state index contributed by atoms with van der Waals surface area (Å²) in [4.78, 5) is 2.43. The minimum Gasteiger partial charge on any atom is -0.497 e. The highest BCUT2D eigenvalue weighted by Crippen LogP contribution is 2.21. The third kappa shape index (κ3) is 3.72. The van der Waals surface area contributed by atoms with Gasteiger partial charge in [-0.1, -0.05) is 12.1 Å². The summed E-state index contributed by atoms with van der Waals surface area (Å²) in [5, 5.41) is 9.89. The number of ether oxygens (including phenoxy) is 1. The molecular weight excluding hydrogens is 226 g/mol. The summed E-state index contributed by atoms with van der Waals surface area (Å²) in [5.41, 5.74) is 0.893. The topological polar surface area (TPSA) is 32.7 Å². The van der Waals surface area contributed by atoms with E-state index in [1.807, 2.05) is 19.1 Å². The van der Waals surface area contributed by atoms with Crippen molar-refractivity contribution in [2.45, 2.75) is 31.8 Å². The first-order valence-corrected chi connectivity index (χ1v) is 6.67. The fraction of sp³-hybridized carbons (Fsp3) is 0.600. The van der Waals surface area contributed by atoms with Crippen LogP contribution < -0.4 is 4.74 Å². The average molecular weight is 249 g/mol. The van der Waals surface area contributed by atoms with Gasteiger partial charge in [-0.15, -0.1) is 0 Å². The molecule has 0 unspecified atom stereocenters. The van der Waals surface area contributed by atoms with Crippen molar-refractivity contribution in [1.29, 1.82) is 0 Å². The fourth-order valence-corrected chi connectivity index (χ4v) is 2.34. The van der Waals surface area contributed by atoms with Crippen molar-refractivity contribution in [3.05, 3.63) is 29.8 Å². The molecule has 0 radical (unpaired) electrons. The molecule has 0 aliphatic carbocycles. The predicted molar refractivity (Wildman–Crippen MR) is 73.0 cm³/mol. The van der Waals surface area contributed by atoms with Crippen molar-refractivity contribution >= 4 is 0 Å². The van der Waals surface area contributed by atoms with Crippen LogP contribution in [0.5, 0.6) is 5.75 Å². The van der Waals surface area contributed by atoms with Crippen molar-refractivity contribution < 1.29 is 9.84 Å². The molecule has 2 rings (SSSR count). The average Bonchev–Trinajstić information content (AvgIpc) is 2.38. The van der Waals surface area contributed by atoms with Crippen molar-refractivity contribution in [3.8, 4) is 5.75 Å². The molecule has 1 heterocycles. The SMILES string of the molecule is COc1ccc(CCN2CCC(C)(O)CC2)cc1. The summed E-state index contributed by atoms with van der Waals surface area (Å²) in [7, 11) is 1.69. The molecule has 1 aromatic rings. The highest BCUT2D eigenvalue weighted by Gasteiger charge is 2.26. The quantitative estimate of drug-likeness (QED) is 0.887. The van der Waals surface area contributed by atoms with Gasteiger partial charge in [0.15, 0.2) is 0 Å². The summed E-state index contributed by atoms with van der Waals surface area (Å²) >= 11 is 0. The molecule has 0 amide bonds. The van der Waals surface area contributed by atoms with Gasteiger partial charge in [-0.2, -0.15) is 0 Å². The fourth-order valence-electron chi connectivity index (χ4n) is 2.34.